The van der Waals surface area contributed by atoms with Crippen molar-refractivity contribution in [3.05, 3.63) is 30.1 Å². The van der Waals surface area contributed by atoms with Crippen molar-refractivity contribution in [2.75, 3.05) is 0 Å². The van der Waals surface area contributed by atoms with Crippen molar-refractivity contribution in [3.63, 3.8) is 0 Å². The molecule has 3 heteroatoms. The first kappa shape index (κ1) is 9.93. The summed E-state index contributed by atoms with van der Waals surface area (Å²) >= 11 is 0. The summed E-state index contributed by atoms with van der Waals surface area (Å²) in [6, 6.07) is 4.09. The molecule has 0 amide bonds. The van der Waals surface area contributed by atoms with Crippen LogP contribution in [0.3, 0.4) is 0 Å². The SMILES string of the molecule is CC(C)SSCc1cccnc1. The lowest BCUT2D eigenvalue weighted by atomic mass is 10.3. The van der Waals surface area contributed by atoms with Gasteiger partial charge < -0.3 is 0 Å². The van der Waals surface area contributed by atoms with Gasteiger partial charge in [-0.1, -0.05) is 41.5 Å². The lowest BCUT2D eigenvalue weighted by Crippen LogP contribution is -1.83. The van der Waals surface area contributed by atoms with Crippen molar-refractivity contribution in [1.82, 2.24) is 4.98 Å². The van der Waals surface area contributed by atoms with E-state index < -0.39 is 0 Å². The van der Waals surface area contributed by atoms with Crippen LogP contribution in [0, 0.1) is 0 Å². The Hall–Kier alpha value is -0.150. The van der Waals surface area contributed by atoms with Crippen LogP contribution in [0.4, 0.5) is 0 Å². The molecule has 0 fully saturated rings. The fourth-order valence-electron chi connectivity index (χ4n) is 0.722. The molecule has 1 heterocycles. The van der Waals surface area contributed by atoms with E-state index in [1.165, 1.54) is 5.56 Å². The van der Waals surface area contributed by atoms with Gasteiger partial charge in [0.25, 0.3) is 0 Å². The van der Waals surface area contributed by atoms with Crippen LogP contribution in [-0.2, 0) is 5.75 Å². The van der Waals surface area contributed by atoms with Gasteiger partial charge in [-0.15, -0.1) is 0 Å². The second-order valence-electron chi connectivity index (χ2n) is 2.77. The molecule has 1 nitrogen and oxygen atoms in total. The first-order valence-corrected chi connectivity index (χ1v) is 6.34. The van der Waals surface area contributed by atoms with E-state index in [-0.39, 0.29) is 0 Å². The van der Waals surface area contributed by atoms with Gasteiger partial charge in [-0.25, -0.2) is 0 Å². The van der Waals surface area contributed by atoms with Gasteiger partial charge in [0, 0.05) is 23.4 Å². The molecule has 0 unspecified atom stereocenters. The molecule has 1 aromatic rings. The summed E-state index contributed by atoms with van der Waals surface area (Å²) in [5.41, 5.74) is 1.30. The van der Waals surface area contributed by atoms with Crippen molar-refractivity contribution in [2.24, 2.45) is 0 Å². The highest BCUT2D eigenvalue weighted by atomic mass is 33.1. The number of pyridine rings is 1. The smallest absolute Gasteiger partial charge is 0.0308 e. The Bertz CT molecular complexity index is 211. The van der Waals surface area contributed by atoms with Crippen molar-refractivity contribution in [2.45, 2.75) is 24.9 Å². The molecule has 0 aliphatic carbocycles. The minimum absolute atomic E-state index is 0.701. The average Bonchev–Trinajstić information content (AvgIpc) is 2.05. The maximum atomic E-state index is 4.06. The normalized spacial score (nSPS) is 10.6. The van der Waals surface area contributed by atoms with Crippen LogP contribution in [-0.4, -0.2) is 10.2 Å². The minimum Gasteiger partial charge on any atom is -0.264 e. The third-order valence-electron chi connectivity index (χ3n) is 1.21. The Morgan fingerprint density at radius 3 is 2.92 bits per heavy atom. The fourth-order valence-corrected chi connectivity index (χ4v) is 2.80. The van der Waals surface area contributed by atoms with Crippen LogP contribution in [0.1, 0.15) is 19.4 Å². The molecule has 0 bridgehead atoms. The summed E-state index contributed by atoms with van der Waals surface area (Å²) in [6.07, 6.45) is 3.73. The summed E-state index contributed by atoms with van der Waals surface area (Å²) in [7, 11) is 3.81. The van der Waals surface area contributed by atoms with Crippen LogP contribution in [0.25, 0.3) is 0 Å². The monoisotopic (exact) mass is 199 g/mol. The molecule has 0 spiro atoms. The Kier molecular flexibility index (Phi) is 4.54. The number of nitrogens with zero attached hydrogens (tertiary/aromatic N) is 1. The number of aromatic nitrogens is 1. The van der Waals surface area contributed by atoms with Gasteiger partial charge in [-0.3, -0.25) is 4.98 Å². The van der Waals surface area contributed by atoms with Crippen LogP contribution in [0.2, 0.25) is 0 Å². The molecule has 12 heavy (non-hydrogen) atoms. The van der Waals surface area contributed by atoms with Crippen LogP contribution in [0.5, 0.6) is 0 Å². The van der Waals surface area contributed by atoms with E-state index in [0.717, 1.165) is 5.75 Å². The van der Waals surface area contributed by atoms with E-state index in [9.17, 15) is 0 Å². The van der Waals surface area contributed by atoms with E-state index in [1.807, 2.05) is 40.0 Å². The summed E-state index contributed by atoms with van der Waals surface area (Å²) < 4.78 is 0. The molecule has 0 radical (unpaired) electrons. The van der Waals surface area contributed by atoms with E-state index in [2.05, 4.69) is 24.9 Å². The van der Waals surface area contributed by atoms with Gasteiger partial charge in [0.1, 0.15) is 0 Å². The fraction of sp³-hybridized carbons (Fsp3) is 0.444. The zero-order chi connectivity index (χ0) is 8.81. The molecular weight excluding hydrogens is 186 g/mol. The molecule has 0 aliphatic heterocycles. The highest BCUT2D eigenvalue weighted by molar-refractivity contribution is 8.76. The Balaban J connectivity index is 2.25. The number of hydrogen-bond acceptors (Lipinski definition) is 3. The molecule has 66 valence electrons. The first-order chi connectivity index (χ1) is 5.79. The molecule has 0 saturated heterocycles. The third-order valence-corrected chi connectivity index (χ3v) is 4.10. The summed E-state index contributed by atoms with van der Waals surface area (Å²) in [6.45, 7) is 4.42. The van der Waals surface area contributed by atoms with Crippen LogP contribution >= 0.6 is 21.6 Å². The predicted molar refractivity (Wildman–Crippen MR) is 58.3 cm³/mol. The molecule has 0 saturated carbocycles. The molecule has 1 rings (SSSR count). The largest absolute Gasteiger partial charge is 0.264 e. The van der Waals surface area contributed by atoms with Crippen molar-refractivity contribution in [3.8, 4) is 0 Å². The summed E-state index contributed by atoms with van der Waals surface area (Å²) in [4.78, 5) is 4.06. The minimum atomic E-state index is 0.701. The topological polar surface area (TPSA) is 12.9 Å². The second-order valence-corrected chi connectivity index (χ2v) is 5.71. The zero-order valence-corrected chi connectivity index (χ0v) is 8.99. The van der Waals surface area contributed by atoms with Gasteiger partial charge in [0.05, 0.1) is 0 Å². The predicted octanol–water partition coefficient (Wildman–Crippen LogP) is 3.37. The van der Waals surface area contributed by atoms with Gasteiger partial charge in [0.15, 0.2) is 0 Å². The standard InChI is InChI=1S/C9H13NS2/c1-8(2)12-11-7-9-4-3-5-10-6-9/h3-6,8H,7H2,1-2H3. The number of rotatable bonds is 4. The van der Waals surface area contributed by atoms with Crippen LogP contribution in [0.15, 0.2) is 24.5 Å². The summed E-state index contributed by atoms with van der Waals surface area (Å²) in [5, 5.41) is 0.701. The maximum absolute atomic E-state index is 4.06. The highest BCUT2D eigenvalue weighted by Gasteiger charge is 1.96. The average molecular weight is 199 g/mol. The maximum Gasteiger partial charge on any atom is 0.0308 e. The van der Waals surface area contributed by atoms with E-state index >= 15 is 0 Å². The molecule has 0 N–H and O–H groups in total. The third kappa shape index (κ3) is 4.02. The van der Waals surface area contributed by atoms with Gasteiger partial charge in [-0.2, -0.15) is 0 Å². The highest BCUT2D eigenvalue weighted by Crippen LogP contribution is 2.29. The lowest BCUT2D eigenvalue weighted by Gasteiger charge is -2.02. The van der Waals surface area contributed by atoms with Gasteiger partial charge in [-0.05, 0) is 11.6 Å². The van der Waals surface area contributed by atoms with E-state index in [0.29, 0.717) is 5.25 Å². The van der Waals surface area contributed by atoms with Crippen molar-refractivity contribution >= 4 is 21.6 Å². The van der Waals surface area contributed by atoms with Gasteiger partial charge in [0.2, 0.25) is 0 Å². The zero-order valence-electron chi connectivity index (χ0n) is 7.36. The summed E-state index contributed by atoms with van der Waals surface area (Å²) in [5.74, 6) is 1.05. The van der Waals surface area contributed by atoms with Crippen LogP contribution < -0.4 is 0 Å². The Labute approximate surface area is 81.8 Å². The molecule has 0 aliphatic rings. The van der Waals surface area contributed by atoms with Crippen molar-refractivity contribution in [1.29, 1.82) is 0 Å². The molecule has 0 atom stereocenters. The van der Waals surface area contributed by atoms with Crippen molar-refractivity contribution < 1.29 is 0 Å². The lowest BCUT2D eigenvalue weighted by molar-refractivity contribution is 1.12. The molecule has 1 aromatic heterocycles. The Morgan fingerprint density at radius 1 is 1.50 bits per heavy atom. The molecule has 0 aromatic carbocycles. The van der Waals surface area contributed by atoms with Gasteiger partial charge >= 0.3 is 0 Å². The number of hydrogen-bond donors (Lipinski definition) is 0. The Morgan fingerprint density at radius 2 is 2.33 bits per heavy atom. The van der Waals surface area contributed by atoms with E-state index in [4.69, 9.17) is 0 Å². The first-order valence-electron chi connectivity index (χ1n) is 3.96. The quantitative estimate of drug-likeness (QED) is 0.690. The van der Waals surface area contributed by atoms with E-state index in [1.54, 1.807) is 0 Å². The molecular formula is C9H13NS2. The second kappa shape index (κ2) is 5.49.